The van der Waals surface area contributed by atoms with Crippen LogP contribution in [0.3, 0.4) is 0 Å². The first-order chi connectivity index (χ1) is 6.81. The topological polar surface area (TPSA) is 34.9 Å². The Bertz CT molecular complexity index is 443. The number of hydrogen-bond donors (Lipinski definition) is 0. The third kappa shape index (κ3) is 1.44. The SMILES string of the molecule is Cc1ccc(-n2ccnc2C=O)cc1. The van der Waals surface area contributed by atoms with Crippen molar-refractivity contribution in [2.45, 2.75) is 6.92 Å². The van der Waals surface area contributed by atoms with Gasteiger partial charge in [-0.1, -0.05) is 17.7 Å². The lowest BCUT2D eigenvalue weighted by molar-refractivity contribution is 0.111. The molecule has 1 aromatic carbocycles. The molecule has 0 spiro atoms. The smallest absolute Gasteiger partial charge is 0.185 e. The van der Waals surface area contributed by atoms with Gasteiger partial charge in [-0.2, -0.15) is 0 Å². The summed E-state index contributed by atoms with van der Waals surface area (Å²) in [7, 11) is 0. The van der Waals surface area contributed by atoms with E-state index < -0.39 is 0 Å². The molecule has 1 heterocycles. The molecule has 0 aliphatic rings. The van der Waals surface area contributed by atoms with Gasteiger partial charge in [0.25, 0.3) is 0 Å². The zero-order valence-corrected chi connectivity index (χ0v) is 7.84. The molecule has 0 bridgehead atoms. The van der Waals surface area contributed by atoms with E-state index in [1.165, 1.54) is 5.56 Å². The number of aryl methyl sites for hydroxylation is 1. The molecule has 0 amide bonds. The Labute approximate surface area is 82.0 Å². The fourth-order valence-electron chi connectivity index (χ4n) is 1.33. The number of rotatable bonds is 2. The van der Waals surface area contributed by atoms with Crippen molar-refractivity contribution in [3.8, 4) is 5.69 Å². The van der Waals surface area contributed by atoms with E-state index in [9.17, 15) is 4.79 Å². The Kier molecular flexibility index (Phi) is 2.14. The summed E-state index contributed by atoms with van der Waals surface area (Å²) in [5, 5.41) is 0. The first kappa shape index (κ1) is 8.69. The van der Waals surface area contributed by atoms with Gasteiger partial charge in [0.1, 0.15) is 0 Å². The van der Waals surface area contributed by atoms with Crippen LogP contribution in [0, 0.1) is 6.92 Å². The van der Waals surface area contributed by atoms with Crippen LogP contribution in [0.2, 0.25) is 0 Å². The van der Waals surface area contributed by atoms with Crippen LogP contribution >= 0.6 is 0 Å². The molecule has 2 aromatic rings. The summed E-state index contributed by atoms with van der Waals surface area (Å²) < 4.78 is 1.76. The van der Waals surface area contributed by atoms with Gasteiger partial charge in [-0.15, -0.1) is 0 Å². The first-order valence-electron chi connectivity index (χ1n) is 4.37. The number of hydrogen-bond acceptors (Lipinski definition) is 2. The lowest BCUT2D eigenvalue weighted by atomic mass is 10.2. The maximum absolute atomic E-state index is 10.6. The molecule has 70 valence electrons. The number of nitrogens with zero attached hydrogens (tertiary/aromatic N) is 2. The molecule has 0 N–H and O–H groups in total. The molecule has 0 radical (unpaired) electrons. The standard InChI is InChI=1S/C11H10N2O/c1-9-2-4-10(5-3-9)13-7-6-12-11(13)8-14/h2-8H,1H3. The fourth-order valence-corrected chi connectivity index (χ4v) is 1.33. The van der Waals surface area contributed by atoms with Crippen molar-refractivity contribution in [3.05, 3.63) is 48.0 Å². The quantitative estimate of drug-likeness (QED) is 0.672. The summed E-state index contributed by atoms with van der Waals surface area (Å²) in [6.45, 7) is 2.03. The Morgan fingerprint density at radius 2 is 2.00 bits per heavy atom. The Morgan fingerprint density at radius 3 is 2.64 bits per heavy atom. The van der Waals surface area contributed by atoms with Crippen LogP contribution in [-0.4, -0.2) is 15.8 Å². The lowest BCUT2D eigenvalue weighted by Crippen LogP contribution is -1.98. The average Bonchev–Trinajstić information content (AvgIpc) is 2.67. The van der Waals surface area contributed by atoms with Gasteiger partial charge in [0.2, 0.25) is 0 Å². The van der Waals surface area contributed by atoms with Gasteiger partial charge >= 0.3 is 0 Å². The molecular weight excluding hydrogens is 176 g/mol. The zero-order chi connectivity index (χ0) is 9.97. The van der Waals surface area contributed by atoms with Crippen molar-refractivity contribution in [1.82, 2.24) is 9.55 Å². The van der Waals surface area contributed by atoms with Crippen molar-refractivity contribution >= 4 is 6.29 Å². The zero-order valence-electron chi connectivity index (χ0n) is 7.84. The largest absolute Gasteiger partial charge is 0.298 e. The van der Waals surface area contributed by atoms with E-state index in [0.717, 1.165) is 12.0 Å². The predicted molar refractivity (Wildman–Crippen MR) is 53.7 cm³/mol. The minimum atomic E-state index is 0.425. The van der Waals surface area contributed by atoms with E-state index >= 15 is 0 Å². The normalized spacial score (nSPS) is 10.1. The highest BCUT2D eigenvalue weighted by Crippen LogP contribution is 2.10. The van der Waals surface area contributed by atoms with Crippen LogP contribution < -0.4 is 0 Å². The molecule has 0 atom stereocenters. The van der Waals surface area contributed by atoms with Crippen LogP contribution in [0.4, 0.5) is 0 Å². The summed E-state index contributed by atoms with van der Waals surface area (Å²) in [5.41, 5.74) is 2.15. The van der Waals surface area contributed by atoms with Crippen LogP contribution in [0.1, 0.15) is 16.2 Å². The van der Waals surface area contributed by atoms with E-state index in [0.29, 0.717) is 5.82 Å². The molecule has 3 heteroatoms. The second-order valence-corrected chi connectivity index (χ2v) is 3.11. The van der Waals surface area contributed by atoms with Crippen LogP contribution in [0.5, 0.6) is 0 Å². The molecule has 3 nitrogen and oxygen atoms in total. The molecule has 0 aliphatic heterocycles. The molecule has 0 fully saturated rings. The molecule has 0 saturated carbocycles. The number of aromatic nitrogens is 2. The number of aldehydes is 1. The van der Waals surface area contributed by atoms with E-state index in [-0.39, 0.29) is 0 Å². The highest BCUT2D eigenvalue weighted by molar-refractivity contribution is 5.70. The summed E-state index contributed by atoms with van der Waals surface area (Å²) in [6.07, 6.45) is 4.14. The lowest BCUT2D eigenvalue weighted by Gasteiger charge is -2.03. The van der Waals surface area contributed by atoms with Crippen molar-refractivity contribution < 1.29 is 4.79 Å². The van der Waals surface area contributed by atoms with E-state index in [1.807, 2.05) is 31.2 Å². The predicted octanol–water partition coefficient (Wildman–Crippen LogP) is 1.99. The molecule has 2 rings (SSSR count). The van der Waals surface area contributed by atoms with Gasteiger partial charge < -0.3 is 0 Å². The second-order valence-electron chi connectivity index (χ2n) is 3.11. The monoisotopic (exact) mass is 186 g/mol. The van der Waals surface area contributed by atoms with Gasteiger partial charge in [0.05, 0.1) is 0 Å². The van der Waals surface area contributed by atoms with Crippen molar-refractivity contribution in [2.75, 3.05) is 0 Å². The Morgan fingerprint density at radius 1 is 1.29 bits per heavy atom. The second kappa shape index (κ2) is 3.46. The number of imidazole rings is 1. The van der Waals surface area contributed by atoms with Gasteiger partial charge in [-0.05, 0) is 19.1 Å². The molecule has 0 aliphatic carbocycles. The third-order valence-electron chi connectivity index (χ3n) is 2.09. The van der Waals surface area contributed by atoms with Gasteiger partial charge in [-0.25, -0.2) is 4.98 Å². The Balaban J connectivity index is 2.49. The van der Waals surface area contributed by atoms with Crippen molar-refractivity contribution in [1.29, 1.82) is 0 Å². The average molecular weight is 186 g/mol. The molecule has 0 saturated heterocycles. The summed E-state index contributed by atoms with van der Waals surface area (Å²) in [5.74, 6) is 0.425. The molecule has 1 aromatic heterocycles. The van der Waals surface area contributed by atoms with E-state index in [1.54, 1.807) is 17.0 Å². The molecule has 0 unspecified atom stereocenters. The minimum Gasteiger partial charge on any atom is -0.298 e. The third-order valence-corrected chi connectivity index (χ3v) is 2.09. The Hall–Kier alpha value is -1.90. The first-order valence-corrected chi connectivity index (χ1v) is 4.37. The fraction of sp³-hybridized carbons (Fsp3) is 0.0909. The minimum absolute atomic E-state index is 0.425. The number of carbonyl (C=O) groups is 1. The van der Waals surface area contributed by atoms with Crippen LogP contribution in [0.15, 0.2) is 36.7 Å². The van der Waals surface area contributed by atoms with Crippen LogP contribution in [-0.2, 0) is 0 Å². The van der Waals surface area contributed by atoms with Gasteiger partial charge in [0, 0.05) is 18.1 Å². The van der Waals surface area contributed by atoms with Gasteiger partial charge in [-0.3, -0.25) is 9.36 Å². The molecular formula is C11H10N2O. The summed E-state index contributed by atoms with van der Waals surface area (Å²) in [6, 6.07) is 7.93. The van der Waals surface area contributed by atoms with Gasteiger partial charge in [0.15, 0.2) is 12.1 Å². The highest BCUT2D eigenvalue weighted by atomic mass is 16.1. The van der Waals surface area contributed by atoms with Crippen molar-refractivity contribution in [3.63, 3.8) is 0 Å². The summed E-state index contributed by atoms with van der Waals surface area (Å²) in [4.78, 5) is 14.6. The van der Waals surface area contributed by atoms with E-state index in [4.69, 9.17) is 0 Å². The van der Waals surface area contributed by atoms with E-state index in [2.05, 4.69) is 4.98 Å². The maximum Gasteiger partial charge on any atom is 0.185 e. The maximum atomic E-state index is 10.6. The number of benzene rings is 1. The van der Waals surface area contributed by atoms with Crippen molar-refractivity contribution in [2.24, 2.45) is 0 Å². The highest BCUT2D eigenvalue weighted by Gasteiger charge is 2.01. The van der Waals surface area contributed by atoms with Crippen LogP contribution in [0.25, 0.3) is 5.69 Å². The molecule has 14 heavy (non-hydrogen) atoms. The number of carbonyl (C=O) groups excluding carboxylic acids is 1. The summed E-state index contributed by atoms with van der Waals surface area (Å²) >= 11 is 0.